The predicted molar refractivity (Wildman–Crippen MR) is 91.2 cm³/mol. The average Bonchev–Trinajstić information content (AvgIpc) is 2.63. The number of hydrogen-bond acceptors (Lipinski definition) is 6. The van der Waals surface area contributed by atoms with Gasteiger partial charge in [-0.2, -0.15) is 0 Å². The number of carbonyl (C=O) groups excluding carboxylic acids is 3. The molecule has 3 rings (SSSR count). The van der Waals surface area contributed by atoms with Gasteiger partial charge in [-0.25, -0.2) is 9.59 Å². The number of ether oxygens (including phenoxy) is 2. The van der Waals surface area contributed by atoms with Crippen molar-refractivity contribution in [3.8, 4) is 0 Å². The zero-order valence-corrected chi connectivity index (χ0v) is 14.3. The van der Waals surface area contributed by atoms with E-state index < -0.39 is 11.9 Å². The Morgan fingerprint density at radius 1 is 1.12 bits per heavy atom. The van der Waals surface area contributed by atoms with E-state index in [0.717, 1.165) is 42.3 Å². The van der Waals surface area contributed by atoms with Gasteiger partial charge >= 0.3 is 11.9 Å². The lowest BCUT2D eigenvalue weighted by atomic mass is 9.91. The van der Waals surface area contributed by atoms with Gasteiger partial charge in [0.2, 0.25) is 5.91 Å². The second kappa shape index (κ2) is 6.96. The first-order valence-corrected chi connectivity index (χ1v) is 8.14. The summed E-state index contributed by atoms with van der Waals surface area (Å²) in [4.78, 5) is 37.4. The van der Waals surface area contributed by atoms with Gasteiger partial charge in [-0.1, -0.05) is 0 Å². The molecule has 1 aromatic rings. The van der Waals surface area contributed by atoms with Crippen LogP contribution in [-0.2, 0) is 36.7 Å². The first kappa shape index (κ1) is 17.0. The number of amides is 1. The summed E-state index contributed by atoms with van der Waals surface area (Å²) in [5, 5.41) is 2.95. The number of carbonyl (C=O) groups is 3. The van der Waals surface area contributed by atoms with E-state index in [1.807, 2.05) is 17.0 Å². The zero-order valence-electron chi connectivity index (χ0n) is 14.3. The number of esters is 2. The smallest absolute Gasteiger partial charge is 0.354 e. The third kappa shape index (κ3) is 3.35. The highest BCUT2D eigenvalue weighted by Gasteiger charge is 2.29. The Morgan fingerprint density at radius 2 is 1.84 bits per heavy atom. The Labute approximate surface area is 145 Å². The molecule has 25 heavy (non-hydrogen) atoms. The van der Waals surface area contributed by atoms with Gasteiger partial charge in [-0.05, 0) is 42.5 Å². The molecule has 0 spiro atoms. The van der Waals surface area contributed by atoms with Crippen LogP contribution in [-0.4, -0.2) is 38.6 Å². The van der Waals surface area contributed by atoms with Gasteiger partial charge in [0, 0.05) is 18.7 Å². The van der Waals surface area contributed by atoms with Crippen LogP contribution < -0.4 is 10.2 Å². The molecule has 0 unspecified atom stereocenters. The molecular formula is C18H20N2O5. The Bertz CT molecular complexity index is 752. The summed E-state index contributed by atoms with van der Waals surface area (Å²) in [5.41, 5.74) is 3.83. The fourth-order valence-corrected chi connectivity index (χ4v) is 3.31. The predicted octanol–water partition coefficient (Wildman–Crippen LogP) is 1.55. The minimum atomic E-state index is -0.659. The first-order valence-electron chi connectivity index (χ1n) is 8.14. The van der Waals surface area contributed by atoms with E-state index in [4.69, 9.17) is 4.74 Å². The van der Waals surface area contributed by atoms with Crippen LogP contribution in [0.15, 0.2) is 23.9 Å². The maximum Gasteiger partial charge on any atom is 0.354 e. The highest BCUT2D eigenvalue weighted by Crippen LogP contribution is 2.38. The maximum atomic E-state index is 12.1. The van der Waals surface area contributed by atoms with Gasteiger partial charge in [0.25, 0.3) is 0 Å². The van der Waals surface area contributed by atoms with Gasteiger partial charge in [0.05, 0.1) is 26.0 Å². The van der Waals surface area contributed by atoms with Crippen molar-refractivity contribution in [3.05, 3.63) is 35.0 Å². The summed E-state index contributed by atoms with van der Waals surface area (Å²) < 4.78 is 9.29. The Kier molecular flexibility index (Phi) is 4.74. The topological polar surface area (TPSA) is 84.9 Å². The number of nitrogens with zero attached hydrogens (tertiary/aromatic N) is 1. The van der Waals surface area contributed by atoms with Gasteiger partial charge in [0.15, 0.2) is 0 Å². The fourth-order valence-electron chi connectivity index (χ4n) is 3.31. The van der Waals surface area contributed by atoms with Crippen LogP contribution in [0.3, 0.4) is 0 Å². The van der Waals surface area contributed by atoms with Crippen molar-refractivity contribution >= 4 is 29.2 Å². The molecule has 0 saturated carbocycles. The van der Waals surface area contributed by atoms with Crippen LogP contribution in [0.4, 0.5) is 11.4 Å². The molecule has 132 valence electrons. The van der Waals surface area contributed by atoms with Gasteiger partial charge < -0.3 is 19.7 Å². The minimum absolute atomic E-state index is 0.000974. The van der Waals surface area contributed by atoms with Crippen molar-refractivity contribution in [2.75, 3.05) is 31.0 Å². The maximum absolute atomic E-state index is 12.1. The molecule has 7 nitrogen and oxygen atoms in total. The molecule has 2 aliphatic heterocycles. The fraction of sp³-hybridized carbons (Fsp3) is 0.389. The molecular weight excluding hydrogens is 324 g/mol. The second-order valence-electron chi connectivity index (χ2n) is 5.99. The van der Waals surface area contributed by atoms with Gasteiger partial charge in [-0.15, -0.1) is 0 Å². The van der Waals surface area contributed by atoms with E-state index in [1.54, 1.807) is 0 Å². The van der Waals surface area contributed by atoms with Crippen LogP contribution in [0.2, 0.25) is 0 Å². The summed E-state index contributed by atoms with van der Waals surface area (Å²) in [5.74, 6) is -1.15. The Balaban J connectivity index is 1.96. The van der Waals surface area contributed by atoms with E-state index in [1.165, 1.54) is 14.2 Å². The lowest BCUT2D eigenvalue weighted by Crippen LogP contribution is -2.39. The van der Waals surface area contributed by atoms with Gasteiger partial charge in [0.1, 0.15) is 5.70 Å². The highest BCUT2D eigenvalue weighted by atomic mass is 16.5. The highest BCUT2D eigenvalue weighted by molar-refractivity contribution is 6.00. The van der Waals surface area contributed by atoms with Crippen molar-refractivity contribution in [2.24, 2.45) is 0 Å². The monoisotopic (exact) mass is 344 g/mol. The number of rotatable bonds is 4. The van der Waals surface area contributed by atoms with Crippen LogP contribution in [0, 0.1) is 0 Å². The molecule has 0 bridgehead atoms. The molecule has 7 heteroatoms. The average molecular weight is 344 g/mol. The van der Waals surface area contributed by atoms with E-state index >= 15 is 0 Å². The number of methoxy groups -OCH3 is 2. The first-order chi connectivity index (χ1) is 12.0. The number of aryl methyl sites for hydroxylation is 2. The molecule has 0 fully saturated rings. The van der Waals surface area contributed by atoms with Gasteiger partial charge in [-0.3, -0.25) is 4.79 Å². The molecule has 0 atom stereocenters. The Hall–Kier alpha value is -2.83. The number of benzene rings is 1. The molecule has 0 aromatic heterocycles. The lowest BCUT2D eigenvalue weighted by Gasteiger charge is -2.35. The van der Waals surface area contributed by atoms with Crippen molar-refractivity contribution in [2.45, 2.75) is 25.7 Å². The quantitative estimate of drug-likeness (QED) is 0.659. The third-order valence-electron chi connectivity index (χ3n) is 4.42. The molecule has 0 aliphatic carbocycles. The SMILES string of the molecule is COC(=O)/C=C(/Nc1cc2c3c(c1)CCC(=O)N3CCC2)C(=O)OC. The molecule has 1 amide bonds. The van der Waals surface area contributed by atoms with E-state index in [9.17, 15) is 14.4 Å². The summed E-state index contributed by atoms with van der Waals surface area (Å²) in [6, 6.07) is 3.83. The molecule has 0 radical (unpaired) electrons. The second-order valence-corrected chi connectivity index (χ2v) is 5.99. The largest absolute Gasteiger partial charge is 0.466 e. The number of anilines is 2. The van der Waals surface area contributed by atoms with Crippen molar-refractivity contribution in [1.82, 2.24) is 0 Å². The lowest BCUT2D eigenvalue weighted by molar-refractivity contribution is -0.138. The summed E-state index contributed by atoms with van der Waals surface area (Å²) >= 11 is 0. The molecule has 2 aliphatic rings. The summed E-state index contributed by atoms with van der Waals surface area (Å²) in [6.45, 7) is 0.751. The Morgan fingerprint density at radius 3 is 2.52 bits per heavy atom. The number of hydrogen-bond donors (Lipinski definition) is 1. The van der Waals surface area contributed by atoms with E-state index in [-0.39, 0.29) is 11.6 Å². The zero-order chi connectivity index (χ0) is 18.0. The van der Waals surface area contributed by atoms with Crippen LogP contribution in [0.1, 0.15) is 24.0 Å². The van der Waals surface area contributed by atoms with Crippen LogP contribution in [0.25, 0.3) is 0 Å². The van der Waals surface area contributed by atoms with E-state index in [2.05, 4.69) is 10.1 Å². The van der Waals surface area contributed by atoms with Crippen molar-refractivity contribution < 1.29 is 23.9 Å². The van der Waals surface area contributed by atoms with E-state index in [0.29, 0.717) is 18.5 Å². The van der Waals surface area contributed by atoms with Crippen molar-refractivity contribution in [1.29, 1.82) is 0 Å². The van der Waals surface area contributed by atoms with Crippen molar-refractivity contribution in [3.63, 3.8) is 0 Å². The summed E-state index contributed by atoms with van der Waals surface area (Å²) in [6.07, 6.45) is 3.99. The third-order valence-corrected chi connectivity index (χ3v) is 4.42. The number of nitrogens with one attached hydrogen (secondary N) is 1. The molecule has 0 saturated heterocycles. The van der Waals surface area contributed by atoms with Crippen LogP contribution in [0.5, 0.6) is 0 Å². The molecule has 1 N–H and O–H groups in total. The molecule has 2 heterocycles. The summed E-state index contributed by atoms with van der Waals surface area (Å²) in [7, 11) is 2.48. The normalized spacial score (nSPS) is 16.2. The molecule has 1 aromatic carbocycles. The van der Waals surface area contributed by atoms with Crippen LogP contribution >= 0.6 is 0 Å². The minimum Gasteiger partial charge on any atom is -0.466 e. The standard InChI is InChI=1S/C18H20N2O5/c1-24-16(22)10-14(18(23)25-2)19-13-8-11-4-3-7-20-15(21)6-5-12(9-13)17(11)20/h8-10,19H,3-7H2,1-2H3/b14-10+.